The average molecular weight is 289 g/mol. The number of para-hydroxylation sites is 1. The van der Waals surface area contributed by atoms with Crippen molar-refractivity contribution in [3.05, 3.63) is 29.8 Å². The van der Waals surface area contributed by atoms with Crippen LogP contribution < -0.4 is 10.2 Å². The van der Waals surface area contributed by atoms with Gasteiger partial charge in [0.15, 0.2) is 0 Å². The van der Waals surface area contributed by atoms with Gasteiger partial charge in [0.05, 0.1) is 12.7 Å². The van der Waals surface area contributed by atoms with Crippen molar-refractivity contribution in [3.63, 3.8) is 0 Å². The number of ether oxygens (including phenoxy) is 1. The van der Waals surface area contributed by atoms with Crippen LogP contribution in [0.2, 0.25) is 0 Å². The molecular formula is C17H27N3O. The Bertz CT molecular complexity index is 465. The standard InChI is InChI=1S/C17H27N3O/c1-3-19-8-9-21-16(12-19)13-20-11-14(2)18-10-15-6-4-5-7-17(15)20/h4-7,14,16,18H,3,8-13H2,1-2H3. The summed E-state index contributed by atoms with van der Waals surface area (Å²) in [5, 5.41) is 3.59. The molecule has 1 saturated heterocycles. The van der Waals surface area contributed by atoms with Crippen LogP contribution >= 0.6 is 0 Å². The Balaban J connectivity index is 1.73. The number of hydrogen-bond acceptors (Lipinski definition) is 4. The molecule has 4 nitrogen and oxygen atoms in total. The molecule has 21 heavy (non-hydrogen) atoms. The van der Waals surface area contributed by atoms with Crippen molar-refractivity contribution in [1.29, 1.82) is 0 Å². The molecule has 0 spiro atoms. The van der Waals surface area contributed by atoms with E-state index < -0.39 is 0 Å². The third kappa shape index (κ3) is 3.57. The van der Waals surface area contributed by atoms with Gasteiger partial charge >= 0.3 is 0 Å². The van der Waals surface area contributed by atoms with Crippen LogP contribution in [0.25, 0.3) is 0 Å². The summed E-state index contributed by atoms with van der Waals surface area (Å²) in [5.74, 6) is 0. The summed E-state index contributed by atoms with van der Waals surface area (Å²) in [6, 6.07) is 9.25. The lowest BCUT2D eigenvalue weighted by Gasteiger charge is -2.36. The minimum absolute atomic E-state index is 0.317. The number of morpholine rings is 1. The minimum Gasteiger partial charge on any atom is -0.374 e. The molecule has 0 aliphatic carbocycles. The number of rotatable bonds is 3. The van der Waals surface area contributed by atoms with Gasteiger partial charge in [0, 0.05) is 44.5 Å². The summed E-state index contributed by atoms with van der Waals surface area (Å²) in [6.07, 6.45) is 0.317. The fourth-order valence-electron chi connectivity index (χ4n) is 3.34. The first-order chi connectivity index (χ1) is 10.3. The molecule has 2 heterocycles. The van der Waals surface area contributed by atoms with Crippen LogP contribution in [0, 0.1) is 0 Å². The van der Waals surface area contributed by atoms with Crippen molar-refractivity contribution in [2.45, 2.75) is 32.5 Å². The van der Waals surface area contributed by atoms with E-state index in [1.54, 1.807) is 0 Å². The highest BCUT2D eigenvalue weighted by Crippen LogP contribution is 2.24. The molecule has 3 rings (SSSR count). The lowest BCUT2D eigenvalue weighted by molar-refractivity contribution is -0.0221. The third-order valence-electron chi connectivity index (χ3n) is 4.56. The van der Waals surface area contributed by atoms with Gasteiger partial charge in [0.1, 0.15) is 0 Å². The smallest absolute Gasteiger partial charge is 0.0877 e. The van der Waals surface area contributed by atoms with E-state index >= 15 is 0 Å². The number of nitrogens with zero attached hydrogens (tertiary/aromatic N) is 2. The lowest BCUT2D eigenvalue weighted by atomic mass is 10.1. The first kappa shape index (κ1) is 14.8. The van der Waals surface area contributed by atoms with Crippen molar-refractivity contribution in [1.82, 2.24) is 10.2 Å². The molecule has 0 radical (unpaired) electrons. The van der Waals surface area contributed by atoms with Crippen LogP contribution in [0.4, 0.5) is 5.69 Å². The summed E-state index contributed by atoms with van der Waals surface area (Å²) < 4.78 is 6.00. The van der Waals surface area contributed by atoms with Gasteiger partial charge in [-0.25, -0.2) is 0 Å². The number of nitrogens with one attached hydrogen (secondary N) is 1. The number of anilines is 1. The van der Waals surface area contributed by atoms with Crippen LogP contribution in [-0.2, 0) is 11.3 Å². The van der Waals surface area contributed by atoms with E-state index in [4.69, 9.17) is 4.74 Å². The number of fused-ring (bicyclic) bond motifs is 1. The molecule has 4 heteroatoms. The van der Waals surface area contributed by atoms with Crippen LogP contribution in [0.1, 0.15) is 19.4 Å². The van der Waals surface area contributed by atoms with Gasteiger partial charge < -0.3 is 15.0 Å². The van der Waals surface area contributed by atoms with E-state index in [2.05, 4.69) is 53.2 Å². The first-order valence-electron chi connectivity index (χ1n) is 8.16. The quantitative estimate of drug-likeness (QED) is 0.917. The fraction of sp³-hybridized carbons (Fsp3) is 0.647. The number of hydrogen-bond donors (Lipinski definition) is 1. The maximum Gasteiger partial charge on any atom is 0.0877 e. The summed E-state index contributed by atoms with van der Waals surface area (Å²) in [7, 11) is 0. The molecular weight excluding hydrogens is 262 g/mol. The molecule has 1 N–H and O–H groups in total. The maximum atomic E-state index is 6.00. The van der Waals surface area contributed by atoms with Gasteiger partial charge in [0.25, 0.3) is 0 Å². The topological polar surface area (TPSA) is 27.7 Å². The van der Waals surface area contributed by atoms with Crippen molar-refractivity contribution in [2.24, 2.45) is 0 Å². The second-order valence-corrected chi connectivity index (χ2v) is 6.20. The largest absolute Gasteiger partial charge is 0.374 e. The number of benzene rings is 1. The van der Waals surface area contributed by atoms with Gasteiger partial charge in [0.2, 0.25) is 0 Å². The highest BCUT2D eigenvalue weighted by molar-refractivity contribution is 5.54. The second kappa shape index (κ2) is 6.77. The second-order valence-electron chi connectivity index (χ2n) is 6.20. The summed E-state index contributed by atoms with van der Waals surface area (Å²) in [4.78, 5) is 4.99. The Morgan fingerprint density at radius 2 is 2.14 bits per heavy atom. The minimum atomic E-state index is 0.317. The van der Waals surface area contributed by atoms with Crippen molar-refractivity contribution < 1.29 is 4.74 Å². The van der Waals surface area contributed by atoms with Crippen LogP contribution in [0.3, 0.4) is 0 Å². The molecule has 1 aromatic rings. The highest BCUT2D eigenvalue weighted by atomic mass is 16.5. The zero-order chi connectivity index (χ0) is 14.7. The summed E-state index contributed by atoms with van der Waals surface area (Å²) >= 11 is 0. The van der Waals surface area contributed by atoms with E-state index in [-0.39, 0.29) is 0 Å². The molecule has 2 aliphatic heterocycles. The molecule has 0 bridgehead atoms. The molecule has 0 amide bonds. The van der Waals surface area contributed by atoms with Gasteiger partial charge in [-0.15, -0.1) is 0 Å². The SMILES string of the molecule is CCN1CCOC(CN2CC(C)NCc3ccccc32)C1. The van der Waals surface area contributed by atoms with Gasteiger partial charge in [-0.2, -0.15) is 0 Å². The third-order valence-corrected chi connectivity index (χ3v) is 4.56. The Morgan fingerprint density at radius 3 is 3.00 bits per heavy atom. The predicted octanol–water partition coefficient (Wildman–Crippen LogP) is 1.71. The number of likely N-dealkylation sites (N-methyl/N-ethyl adjacent to an activating group) is 1. The highest BCUT2D eigenvalue weighted by Gasteiger charge is 2.25. The molecule has 116 valence electrons. The molecule has 2 aliphatic rings. The van der Waals surface area contributed by atoms with Crippen molar-refractivity contribution >= 4 is 5.69 Å². The normalized spacial score (nSPS) is 27.2. The zero-order valence-corrected chi connectivity index (χ0v) is 13.2. The van der Waals surface area contributed by atoms with Gasteiger partial charge in [-0.05, 0) is 25.1 Å². The van der Waals surface area contributed by atoms with E-state index in [0.717, 1.165) is 45.9 Å². The maximum absolute atomic E-state index is 6.00. The molecule has 0 aromatic heterocycles. The molecule has 2 unspecified atom stereocenters. The van der Waals surface area contributed by atoms with E-state index in [1.165, 1.54) is 11.3 Å². The van der Waals surface area contributed by atoms with Crippen molar-refractivity contribution in [3.8, 4) is 0 Å². The Morgan fingerprint density at radius 1 is 1.29 bits per heavy atom. The molecule has 1 aromatic carbocycles. The summed E-state index contributed by atoms with van der Waals surface area (Å²) in [6.45, 7) is 11.6. The lowest BCUT2D eigenvalue weighted by Crippen LogP contribution is -2.49. The Hall–Kier alpha value is -1.10. The van der Waals surface area contributed by atoms with E-state index in [9.17, 15) is 0 Å². The first-order valence-corrected chi connectivity index (χ1v) is 8.16. The Kier molecular flexibility index (Phi) is 4.78. The average Bonchev–Trinajstić information content (AvgIpc) is 2.67. The van der Waals surface area contributed by atoms with E-state index in [1.807, 2.05) is 0 Å². The van der Waals surface area contributed by atoms with E-state index in [0.29, 0.717) is 12.1 Å². The van der Waals surface area contributed by atoms with Crippen molar-refractivity contribution in [2.75, 3.05) is 44.2 Å². The molecule has 1 fully saturated rings. The van der Waals surface area contributed by atoms with Gasteiger partial charge in [-0.1, -0.05) is 25.1 Å². The van der Waals surface area contributed by atoms with Crippen LogP contribution in [-0.4, -0.2) is 56.4 Å². The summed E-state index contributed by atoms with van der Waals surface area (Å²) in [5.41, 5.74) is 2.76. The van der Waals surface area contributed by atoms with Crippen LogP contribution in [0.5, 0.6) is 0 Å². The monoisotopic (exact) mass is 289 g/mol. The van der Waals surface area contributed by atoms with Crippen LogP contribution in [0.15, 0.2) is 24.3 Å². The molecule has 0 saturated carbocycles. The zero-order valence-electron chi connectivity index (χ0n) is 13.2. The fourth-order valence-corrected chi connectivity index (χ4v) is 3.34. The predicted molar refractivity (Wildman–Crippen MR) is 86.8 cm³/mol. The molecule has 2 atom stereocenters. The van der Waals surface area contributed by atoms with Gasteiger partial charge in [-0.3, -0.25) is 4.90 Å². The Labute approximate surface area is 128 Å².